The second-order valence-electron chi connectivity index (χ2n) is 1.18. The van der Waals surface area contributed by atoms with Gasteiger partial charge in [0.15, 0.2) is 0 Å². The number of hydrogen-bond acceptors (Lipinski definition) is 0. The average molecular weight is 152 g/mol. The monoisotopic (exact) mass is 151 g/mol. The predicted octanol–water partition coefficient (Wildman–Crippen LogP) is 1.59. The molecule has 0 aliphatic rings. The van der Waals surface area contributed by atoms with Crippen molar-refractivity contribution >= 4 is 15.9 Å². The van der Waals surface area contributed by atoms with Crippen LogP contribution in [0.15, 0.2) is 0 Å². The van der Waals surface area contributed by atoms with E-state index in [1.54, 1.807) is 0 Å². The minimum absolute atomic E-state index is 0.398. The predicted molar refractivity (Wildman–Crippen MR) is 28.6 cm³/mol. The molecule has 0 aromatic rings. The lowest BCUT2D eigenvalue weighted by atomic mass is 10.3. The summed E-state index contributed by atoms with van der Waals surface area (Å²) in [4.78, 5) is 0. The maximum Gasteiger partial charge on any atom is 0.102 e. The number of halogens is 1. The van der Waals surface area contributed by atoms with Crippen LogP contribution in [0.3, 0.4) is 0 Å². The van der Waals surface area contributed by atoms with Crippen molar-refractivity contribution in [2.45, 2.75) is 19.4 Å². The van der Waals surface area contributed by atoms with Crippen molar-refractivity contribution in [2.24, 2.45) is 0 Å². The lowest BCUT2D eigenvalue weighted by Gasteiger charge is -1.93. The van der Waals surface area contributed by atoms with Crippen LogP contribution >= 0.6 is 15.9 Å². The maximum atomic E-state index is 10.2. The van der Waals surface area contributed by atoms with Crippen LogP contribution in [0.5, 0.6) is 0 Å². The van der Waals surface area contributed by atoms with Crippen molar-refractivity contribution in [3.05, 3.63) is 0 Å². The molecule has 2 heteroatoms. The van der Waals surface area contributed by atoms with Crippen LogP contribution < -0.4 is 0 Å². The molecule has 0 N–H and O–H groups in total. The molecular weight excluding hydrogens is 144 g/mol. The number of rotatable bonds is 2. The van der Waals surface area contributed by atoms with E-state index < -0.39 is 6.10 Å². The van der Waals surface area contributed by atoms with Crippen molar-refractivity contribution in [3.63, 3.8) is 0 Å². The second kappa shape index (κ2) is 3.62. The molecule has 0 bridgehead atoms. The third-order valence-electron chi connectivity index (χ3n) is 0.627. The van der Waals surface area contributed by atoms with Crippen LogP contribution in [0.4, 0.5) is 0 Å². The van der Waals surface area contributed by atoms with Crippen molar-refractivity contribution in [3.8, 4) is 0 Å². The summed E-state index contributed by atoms with van der Waals surface area (Å²) in [6.45, 7) is 1.89. The van der Waals surface area contributed by atoms with Gasteiger partial charge in [0.1, 0.15) is 6.10 Å². The first-order valence-electron chi connectivity index (χ1n) is 2.03. The van der Waals surface area contributed by atoms with E-state index in [2.05, 4.69) is 15.9 Å². The Bertz CT molecular complexity index is 26.7. The van der Waals surface area contributed by atoms with Gasteiger partial charge in [-0.15, -0.1) is 0 Å². The molecular formula is C4H8BrO. The van der Waals surface area contributed by atoms with E-state index in [1.807, 2.05) is 6.92 Å². The average Bonchev–Trinajstić information content (AvgIpc) is 1.65. The topological polar surface area (TPSA) is 19.9 Å². The smallest absolute Gasteiger partial charge is 0.102 e. The summed E-state index contributed by atoms with van der Waals surface area (Å²) in [5.41, 5.74) is 0. The first kappa shape index (κ1) is 6.44. The minimum Gasteiger partial charge on any atom is -0.232 e. The van der Waals surface area contributed by atoms with Crippen LogP contribution in [-0.4, -0.2) is 11.4 Å². The SMILES string of the molecule is CCC([O])CBr. The lowest BCUT2D eigenvalue weighted by molar-refractivity contribution is 0.107. The molecule has 0 saturated heterocycles. The Hall–Kier alpha value is 0.440. The fourth-order valence-corrected chi connectivity index (χ4v) is 0.567. The Morgan fingerprint density at radius 3 is 2.33 bits per heavy atom. The molecule has 0 saturated carbocycles. The number of alkyl halides is 1. The number of hydrogen-bond donors (Lipinski definition) is 0. The summed E-state index contributed by atoms with van der Waals surface area (Å²) in [6.07, 6.45) is 0.329. The highest BCUT2D eigenvalue weighted by Crippen LogP contribution is 1.93. The Balaban J connectivity index is 2.75. The largest absolute Gasteiger partial charge is 0.232 e. The molecule has 0 aliphatic heterocycles. The Morgan fingerprint density at radius 2 is 2.33 bits per heavy atom. The summed E-state index contributed by atoms with van der Waals surface area (Å²) in [6, 6.07) is 0. The summed E-state index contributed by atoms with van der Waals surface area (Å²) < 4.78 is 0. The molecule has 1 unspecified atom stereocenters. The molecule has 0 amide bonds. The summed E-state index contributed by atoms with van der Waals surface area (Å²) in [7, 11) is 0. The van der Waals surface area contributed by atoms with Gasteiger partial charge in [-0.05, 0) is 6.42 Å². The van der Waals surface area contributed by atoms with E-state index >= 15 is 0 Å². The van der Waals surface area contributed by atoms with Crippen LogP contribution in [-0.2, 0) is 5.11 Å². The van der Waals surface area contributed by atoms with E-state index in [0.29, 0.717) is 5.33 Å². The van der Waals surface area contributed by atoms with Crippen LogP contribution in [0, 0.1) is 0 Å². The van der Waals surface area contributed by atoms with E-state index in [4.69, 9.17) is 0 Å². The molecule has 0 fully saturated rings. The highest BCUT2D eigenvalue weighted by molar-refractivity contribution is 9.09. The maximum absolute atomic E-state index is 10.2. The van der Waals surface area contributed by atoms with Gasteiger partial charge in [-0.2, -0.15) is 0 Å². The van der Waals surface area contributed by atoms with E-state index in [-0.39, 0.29) is 0 Å². The van der Waals surface area contributed by atoms with E-state index in [1.165, 1.54) is 0 Å². The van der Waals surface area contributed by atoms with Crippen molar-refractivity contribution in [1.29, 1.82) is 0 Å². The molecule has 0 aromatic carbocycles. The Kier molecular flexibility index (Phi) is 3.89. The minimum atomic E-state index is -0.398. The molecule has 0 rings (SSSR count). The van der Waals surface area contributed by atoms with Gasteiger partial charge in [0.25, 0.3) is 0 Å². The zero-order valence-corrected chi connectivity index (χ0v) is 5.36. The second-order valence-corrected chi connectivity index (χ2v) is 1.83. The summed E-state index contributed by atoms with van der Waals surface area (Å²) in [5, 5.41) is 10.8. The van der Waals surface area contributed by atoms with Crippen molar-refractivity contribution in [2.75, 3.05) is 5.33 Å². The zero-order valence-electron chi connectivity index (χ0n) is 3.78. The van der Waals surface area contributed by atoms with Gasteiger partial charge < -0.3 is 0 Å². The molecule has 0 aliphatic carbocycles. The molecule has 0 spiro atoms. The molecule has 6 heavy (non-hydrogen) atoms. The normalized spacial score (nSPS) is 14.5. The van der Waals surface area contributed by atoms with Gasteiger partial charge in [-0.1, -0.05) is 22.9 Å². The molecule has 0 heterocycles. The van der Waals surface area contributed by atoms with Gasteiger partial charge in [0, 0.05) is 5.33 Å². The fraction of sp³-hybridized carbons (Fsp3) is 1.00. The Labute approximate surface area is 46.5 Å². The lowest BCUT2D eigenvalue weighted by Crippen LogP contribution is -2.01. The van der Waals surface area contributed by atoms with Gasteiger partial charge in [-0.25, -0.2) is 5.11 Å². The van der Waals surface area contributed by atoms with Crippen molar-refractivity contribution < 1.29 is 5.11 Å². The zero-order chi connectivity index (χ0) is 4.99. The fourth-order valence-electron chi connectivity index (χ4n) is 0.109. The molecule has 1 radical (unpaired) electrons. The van der Waals surface area contributed by atoms with Crippen LogP contribution in [0.2, 0.25) is 0 Å². The molecule has 1 atom stereocenters. The van der Waals surface area contributed by atoms with Crippen molar-refractivity contribution in [1.82, 2.24) is 0 Å². The first-order chi connectivity index (χ1) is 2.81. The highest BCUT2D eigenvalue weighted by Gasteiger charge is 1.95. The quantitative estimate of drug-likeness (QED) is 0.535. The van der Waals surface area contributed by atoms with E-state index in [0.717, 1.165) is 6.42 Å². The van der Waals surface area contributed by atoms with Gasteiger partial charge in [0.2, 0.25) is 0 Å². The van der Waals surface area contributed by atoms with E-state index in [9.17, 15) is 5.11 Å². The van der Waals surface area contributed by atoms with Gasteiger partial charge in [-0.3, -0.25) is 0 Å². The molecule has 1 nitrogen and oxygen atoms in total. The van der Waals surface area contributed by atoms with Gasteiger partial charge in [0.05, 0.1) is 0 Å². The van der Waals surface area contributed by atoms with Crippen LogP contribution in [0.25, 0.3) is 0 Å². The third-order valence-corrected chi connectivity index (χ3v) is 1.35. The van der Waals surface area contributed by atoms with Crippen LogP contribution in [0.1, 0.15) is 13.3 Å². The summed E-state index contributed by atoms with van der Waals surface area (Å²) >= 11 is 3.06. The third kappa shape index (κ3) is 2.67. The molecule has 0 aromatic heterocycles. The molecule has 37 valence electrons. The standard InChI is InChI=1S/C4H8BrO/c1-2-4(6)3-5/h4H,2-3H2,1H3. The van der Waals surface area contributed by atoms with Gasteiger partial charge >= 0.3 is 0 Å². The highest BCUT2D eigenvalue weighted by atomic mass is 79.9. The Morgan fingerprint density at radius 1 is 1.83 bits per heavy atom. The summed E-state index contributed by atoms with van der Waals surface area (Å²) in [5.74, 6) is 0. The first-order valence-corrected chi connectivity index (χ1v) is 3.15.